The first-order valence-electron chi connectivity index (χ1n) is 6.21. The van der Waals surface area contributed by atoms with Crippen LogP contribution in [0.25, 0.3) is 0 Å². The van der Waals surface area contributed by atoms with Gasteiger partial charge in [0.05, 0.1) is 0 Å². The van der Waals surface area contributed by atoms with Crippen molar-refractivity contribution in [1.29, 1.82) is 0 Å². The molecule has 21 heavy (non-hydrogen) atoms. The van der Waals surface area contributed by atoms with Gasteiger partial charge >= 0.3 is 0 Å². The molecule has 1 aliphatic heterocycles. The Morgan fingerprint density at radius 2 is 1.95 bits per heavy atom. The van der Waals surface area contributed by atoms with Gasteiger partial charge in [0.2, 0.25) is 21.3 Å². The number of amides is 2. The summed E-state index contributed by atoms with van der Waals surface area (Å²) in [6.07, 6.45) is 0.790. The SMILES string of the molecule is CC(=O)Nc1nnc(S(=O)(=O)N2CCC(C(N)=O)CC2)s1. The Kier molecular flexibility index (Phi) is 4.54. The minimum absolute atomic E-state index is 0.132. The Hall–Kier alpha value is -1.59. The van der Waals surface area contributed by atoms with Crippen LogP contribution in [-0.4, -0.2) is 47.8 Å². The van der Waals surface area contributed by atoms with E-state index in [9.17, 15) is 18.0 Å². The van der Waals surface area contributed by atoms with Gasteiger partial charge in [-0.2, -0.15) is 4.31 Å². The zero-order chi connectivity index (χ0) is 15.6. The molecular weight excluding hydrogens is 318 g/mol. The molecule has 1 aliphatic rings. The van der Waals surface area contributed by atoms with Crippen molar-refractivity contribution in [2.75, 3.05) is 18.4 Å². The minimum atomic E-state index is -3.75. The lowest BCUT2D eigenvalue weighted by molar-refractivity contribution is -0.122. The number of piperidine rings is 1. The smallest absolute Gasteiger partial charge is 0.272 e. The van der Waals surface area contributed by atoms with Gasteiger partial charge in [-0.1, -0.05) is 11.3 Å². The number of carbonyl (C=O) groups is 2. The second-order valence-corrected chi connectivity index (χ2v) is 7.72. The normalized spacial score (nSPS) is 17.6. The Balaban J connectivity index is 2.10. The Morgan fingerprint density at radius 3 is 2.48 bits per heavy atom. The molecule has 0 aromatic carbocycles. The van der Waals surface area contributed by atoms with Gasteiger partial charge in [0.15, 0.2) is 0 Å². The van der Waals surface area contributed by atoms with Gasteiger partial charge in [0.25, 0.3) is 10.0 Å². The number of hydrogen-bond donors (Lipinski definition) is 2. The monoisotopic (exact) mass is 333 g/mol. The van der Waals surface area contributed by atoms with E-state index in [1.165, 1.54) is 11.2 Å². The van der Waals surface area contributed by atoms with Crippen LogP contribution < -0.4 is 11.1 Å². The highest BCUT2D eigenvalue weighted by Gasteiger charge is 2.33. The van der Waals surface area contributed by atoms with Crippen LogP contribution in [0.4, 0.5) is 5.13 Å². The molecule has 0 unspecified atom stereocenters. The van der Waals surface area contributed by atoms with Crippen molar-refractivity contribution in [3.8, 4) is 0 Å². The van der Waals surface area contributed by atoms with Crippen LogP contribution in [0.5, 0.6) is 0 Å². The van der Waals surface area contributed by atoms with Gasteiger partial charge in [-0.15, -0.1) is 10.2 Å². The molecular formula is C10H15N5O4S2. The van der Waals surface area contributed by atoms with Crippen LogP contribution in [0.1, 0.15) is 19.8 Å². The fourth-order valence-electron chi connectivity index (χ4n) is 2.01. The number of sulfonamides is 1. The highest BCUT2D eigenvalue weighted by atomic mass is 32.2. The van der Waals surface area contributed by atoms with Crippen molar-refractivity contribution in [3.05, 3.63) is 0 Å². The first-order chi connectivity index (χ1) is 9.80. The van der Waals surface area contributed by atoms with Gasteiger partial charge in [0, 0.05) is 25.9 Å². The number of anilines is 1. The maximum Gasteiger partial charge on any atom is 0.272 e. The summed E-state index contributed by atoms with van der Waals surface area (Å²) in [5, 5.41) is 9.74. The molecule has 1 aromatic rings. The molecule has 2 amide bonds. The molecule has 2 heterocycles. The molecule has 1 aromatic heterocycles. The fraction of sp³-hybridized carbons (Fsp3) is 0.600. The molecule has 0 atom stereocenters. The number of nitrogens with two attached hydrogens (primary N) is 1. The molecule has 116 valence electrons. The van der Waals surface area contributed by atoms with E-state index < -0.39 is 15.9 Å². The topological polar surface area (TPSA) is 135 Å². The van der Waals surface area contributed by atoms with E-state index in [-0.39, 0.29) is 34.4 Å². The van der Waals surface area contributed by atoms with Crippen LogP contribution in [0, 0.1) is 5.92 Å². The molecule has 9 nitrogen and oxygen atoms in total. The van der Waals surface area contributed by atoms with Crippen molar-refractivity contribution >= 4 is 38.3 Å². The maximum atomic E-state index is 12.4. The summed E-state index contributed by atoms with van der Waals surface area (Å²) in [6, 6.07) is 0. The highest BCUT2D eigenvalue weighted by Crippen LogP contribution is 2.27. The zero-order valence-corrected chi connectivity index (χ0v) is 12.9. The van der Waals surface area contributed by atoms with Crippen molar-refractivity contribution in [1.82, 2.24) is 14.5 Å². The van der Waals surface area contributed by atoms with E-state index in [1.54, 1.807) is 0 Å². The van der Waals surface area contributed by atoms with E-state index in [4.69, 9.17) is 5.73 Å². The summed E-state index contributed by atoms with van der Waals surface area (Å²) in [5.41, 5.74) is 5.22. The number of rotatable bonds is 4. The second kappa shape index (κ2) is 6.03. The number of carbonyl (C=O) groups excluding carboxylic acids is 2. The summed E-state index contributed by atoms with van der Waals surface area (Å²) >= 11 is 0.793. The lowest BCUT2D eigenvalue weighted by Crippen LogP contribution is -2.41. The lowest BCUT2D eigenvalue weighted by Gasteiger charge is -2.28. The van der Waals surface area contributed by atoms with Crippen LogP contribution in [0.3, 0.4) is 0 Å². The predicted octanol–water partition coefficient (Wildman–Crippen LogP) is -0.617. The van der Waals surface area contributed by atoms with Crippen molar-refractivity contribution < 1.29 is 18.0 Å². The lowest BCUT2D eigenvalue weighted by atomic mass is 9.98. The molecule has 0 saturated carbocycles. The standard InChI is InChI=1S/C10H15N5O4S2/c1-6(16)12-9-13-14-10(20-9)21(18,19)15-4-2-7(3-5-15)8(11)17/h7H,2-5H2,1H3,(H2,11,17)(H,12,13,16). The van der Waals surface area contributed by atoms with Crippen LogP contribution >= 0.6 is 11.3 Å². The molecule has 0 spiro atoms. The van der Waals surface area contributed by atoms with Crippen molar-refractivity contribution in [2.24, 2.45) is 11.7 Å². The quantitative estimate of drug-likeness (QED) is 0.705. The zero-order valence-electron chi connectivity index (χ0n) is 11.3. The van der Waals surface area contributed by atoms with Gasteiger partial charge in [-0.25, -0.2) is 8.42 Å². The van der Waals surface area contributed by atoms with Crippen molar-refractivity contribution in [2.45, 2.75) is 24.1 Å². The number of hydrogen-bond acceptors (Lipinski definition) is 7. The van der Waals surface area contributed by atoms with Crippen LogP contribution in [0.15, 0.2) is 4.34 Å². The number of nitrogens with one attached hydrogen (secondary N) is 1. The molecule has 1 saturated heterocycles. The predicted molar refractivity (Wildman–Crippen MR) is 74.9 cm³/mol. The third-order valence-electron chi connectivity index (χ3n) is 3.11. The summed E-state index contributed by atoms with van der Waals surface area (Å²) in [6.45, 7) is 1.72. The minimum Gasteiger partial charge on any atom is -0.369 e. The number of nitrogens with zero attached hydrogens (tertiary/aromatic N) is 3. The first-order valence-corrected chi connectivity index (χ1v) is 8.47. The van der Waals surface area contributed by atoms with E-state index >= 15 is 0 Å². The molecule has 0 aliphatic carbocycles. The molecule has 3 N–H and O–H groups in total. The van der Waals surface area contributed by atoms with Gasteiger partial charge in [-0.05, 0) is 12.8 Å². The average molecular weight is 333 g/mol. The maximum absolute atomic E-state index is 12.4. The van der Waals surface area contributed by atoms with E-state index in [1.807, 2.05) is 0 Å². The van der Waals surface area contributed by atoms with Gasteiger partial charge in [0.1, 0.15) is 0 Å². The number of primary amides is 1. The Labute approximate surface area is 125 Å². The molecule has 1 fully saturated rings. The molecule has 2 rings (SSSR count). The molecule has 0 radical (unpaired) electrons. The molecule has 0 bridgehead atoms. The second-order valence-electron chi connectivity index (χ2n) is 4.64. The molecule has 11 heteroatoms. The van der Waals surface area contributed by atoms with E-state index in [2.05, 4.69) is 15.5 Å². The van der Waals surface area contributed by atoms with Gasteiger partial charge in [-0.3, -0.25) is 9.59 Å². The highest BCUT2D eigenvalue weighted by molar-refractivity contribution is 7.91. The average Bonchev–Trinajstić information content (AvgIpc) is 2.87. The van der Waals surface area contributed by atoms with E-state index in [0.717, 1.165) is 11.3 Å². The largest absolute Gasteiger partial charge is 0.369 e. The van der Waals surface area contributed by atoms with Crippen LogP contribution in [0.2, 0.25) is 0 Å². The van der Waals surface area contributed by atoms with Crippen molar-refractivity contribution in [3.63, 3.8) is 0 Å². The Bertz CT molecular complexity index is 648. The Morgan fingerprint density at radius 1 is 1.33 bits per heavy atom. The first kappa shape index (κ1) is 15.8. The van der Waals surface area contributed by atoms with Gasteiger partial charge < -0.3 is 11.1 Å². The summed E-state index contributed by atoms with van der Waals surface area (Å²) in [7, 11) is -3.75. The van der Waals surface area contributed by atoms with E-state index in [0.29, 0.717) is 12.8 Å². The third kappa shape index (κ3) is 3.54. The summed E-state index contributed by atoms with van der Waals surface area (Å²) in [4.78, 5) is 22.0. The third-order valence-corrected chi connectivity index (χ3v) is 6.19. The van der Waals surface area contributed by atoms with Crippen LogP contribution in [-0.2, 0) is 19.6 Å². The summed E-state index contributed by atoms with van der Waals surface area (Å²) < 4.78 is 25.8. The fourth-order valence-corrected chi connectivity index (χ4v) is 4.56. The number of aromatic nitrogens is 2. The summed E-state index contributed by atoms with van der Waals surface area (Å²) in [5.74, 6) is -1.05.